The molecule has 0 bridgehead atoms. The third-order valence-electron chi connectivity index (χ3n) is 3.20. The number of ether oxygens (including phenoxy) is 1. The van der Waals surface area contributed by atoms with E-state index in [1.807, 2.05) is 48.5 Å². The Morgan fingerprint density at radius 1 is 1.19 bits per heavy atom. The number of hydrogen-bond donors (Lipinski definition) is 1. The summed E-state index contributed by atoms with van der Waals surface area (Å²) in [6.45, 7) is 2.09. The Bertz CT molecular complexity index is 630. The van der Waals surface area contributed by atoms with Crippen LogP contribution in [0.15, 0.2) is 60.8 Å². The minimum absolute atomic E-state index is 0.0203. The highest BCUT2D eigenvalue weighted by molar-refractivity contribution is 6.04. The first-order valence-electron chi connectivity index (χ1n) is 6.93. The Balaban J connectivity index is 1.97. The van der Waals surface area contributed by atoms with Crippen molar-refractivity contribution in [1.29, 1.82) is 0 Å². The lowest BCUT2D eigenvalue weighted by Crippen LogP contribution is -1.96. The van der Waals surface area contributed by atoms with Crippen molar-refractivity contribution >= 4 is 11.5 Å². The van der Waals surface area contributed by atoms with E-state index in [-0.39, 0.29) is 5.78 Å². The number of allylic oxidation sites excluding steroid dienone is 1. The van der Waals surface area contributed by atoms with Crippen molar-refractivity contribution in [2.24, 2.45) is 0 Å². The normalized spacial score (nSPS) is 10.6. The molecule has 0 aliphatic rings. The second-order valence-corrected chi connectivity index (χ2v) is 4.62. The Morgan fingerprint density at radius 2 is 1.95 bits per heavy atom. The van der Waals surface area contributed by atoms with E-state index in [2.05, 4.69) is 12.2 Å². The van der Waals surface area contributed by atoms with Gasteiger partial charge in [0.2, 0.25) is 0 Å². The SMILES string of the molecule is CCc1ccc(C(=O)/C=C/Nc2cccc(OC)c2)cc1. The second kappa shape index (κ2) is 7.29. The number of anilines is 1. The minimum atomic E-state index is -0.0203. The van der Waals surface area contributed by atoms with E-state index < -0.39 is 0 Å². The molecule has 0 aromatic heterocycles. The van der Waals surface area contributed by atoms with Crippen molar-refractivity contribution in [3.63, 3.8) is 0 Å². The maximum Gasteiger partial charge on any atom is 0.187 e. The van der Waals surface area contributed by atoms with Crippen LogP contribution in [0.1, 0.15) is 22.8 Å². The van der Waals surface area contributed by atoms with Crippen LogP contribution >= 0.6 is 0 Å². The molecule has 0 heterocycles. The minimum Gasteiger partial charge on any atom is -0.497 e. The van der Waals surface area contributed by atoms with Gasteiger partial charge in [0.05, 0.1) is 7.11 Å². The number of nitrogens with one attached hydrogen (secondary N) is 1. The van der Waals surface area contributed by atoms with Crippen LogP contribution in [-0.2, 0) is 6.42 Å². The summed E-state index contributed by atoms with van der Waals surface area (Å²) >= 11 is 0. The lowest BCUT2D eigenvalue weighted by atomic mass is 10.1. The fourth-order valence-electron chi connectivity index (χ4n) is 1.93. The summed E-state index contributed by atoms with van der Waals surface area (Å²) in [5.41, 5.74) is 2.79. The number of carbonyl (C=O) groups excluding carboxylic acids is 1. The molecular formula is C18H19NO2. The molecule has 0 amide bonds. The number of hydrogen-bond acceptors (Lipinski definition) is 3. The number of ketones is 1. The molecule has 0 fully saturated rings. The summed E-state index contributed by atoms with van der Waals surface area (Å²) < 4.78 is 5.14. The van der Waals surface area contributed by atoms with Gasteiger partial charge >= 0.3 is 0 Å². The maximum atomic E-state index is 12.0. The quantitative estimate of drug-likeness (QED) is 0.641. The average Bonchev–Trinajstić information content (AvgIpc) is 2.55. The fourth-order valence-corrected chi connectivity index (χ4v) is 1.93. The molecule has 2 aromatic rings. The molecular weight excluding hydrogens is 262 g/mol. The van der Waals surface area contributed by atoms with Crippen molar-refractivity contribution in [3.8, 4) is 5.75 Å². The highest BCUT2D eigenvalue weighted by Crippen LogP contribution is 2.16. The predicted molar refractivity (Wildman–Crippen MR) is 85.9 cm³/mol. The Morgan fingerprint density at radius 3 is 2.62 bits per heavy atom. The summed E-state index contributed by atoms with van der Waals surface area (Å²) in [4.78, 5) is 12.0. The summed E-state index contributed by atoms with van der Waals surface area (Å²) in [5.74, 6) is 0.753. The monoisotopic (exact) mass is 281 g/mol. The molecule has 0 radical (unpaired) electrons. The molecule has 3 heteroatoms. The lowest BCUT2D eigenvalue weighted by molar-refractivity contribution is 0.104. The van der Waals surface area contributed by atoms with E-state index in [0.29, 0.717) is 5.56 Å². The number of rotatable bonds is 6. The molecule has 3 nitrogen and oxygen atoms in total. The van der Waals surface area contributed by atoms with Gasteiger partial charge in [0.15, 0.2) is 5.78 Å². The smallest absolute Gasteiger partial charge is 0.187 e. The number of methoxy groups -OCH3 is 1. The summed E-state index contributed by atoms with van der Waals surface area (Å²) in [5, 5.41) is 3.06. The molecule has 0 saturated heterocycles. The summed E-state index contributed by atoms with van der Waals surface area (Å²) in [6, 6.07) is 15.2. The van der Waals surface area contributed by atoms with Crippen LogP contribution in [0.25, 0.3) is 0 Å². The van der Waals surface area contributed by atoms with Crippen LogP contribution < -0.4 is 10.1 Å². The standard InChI is InChI=1S/C18H19NO2/c1-3-14-7-9-15(10-8-14)18(20)11-12-19-16-5-4-6-17(13-16)21-2/h4-13,19H,3H2,1-2H3/b12-11+. The molecule has 1 N–H and O–H groups in total. The van der Waals surface area contributed by atoms with Gasteiger partial charge in [0.1, 0.15) is 5.75 Å². The van der Waals surface area contributed by atoms with E-state index in [0.717, 1.165) is 17.9 Å². The molecule has 0 saturated carbocycles. The maximum absolute atomic E-state index is 12.0. The predicted octanol–water partition coefficient (Wildman–Crippen LogP) is 4.07. The zero-order valence-corrected chi connectivity index (χ0v) is 12.3. The number of carbonyl (C=O) groups is 1. The zero-order chi connectivity index (χ0) is 15.1. The van der Waals surface area contributed by atoms with Gasteiger partial charge < -0.3 is 10.1 Å². The zero-order valence-electron chi connectivity index (χ0n) is 12.3. The topological polar surface area (TPSA) is 38.3 Å². The highest BCUT2D eigenvalue weighted by Gasteiger charge is 2.01. The van der Waals surface area contributed by atoms with E-state index in [1.165, 1.54) is 11.6 Å². The number of aryl methyl sites for hydroxylation is 1. The van der Waals surface area contributed by atoms with Gasteiger partial charge in [-0.3, -0.25) is 4.79 Å². The van der Waals surface area contributed by atoms with E-state index in [9.17, 15) is 4.79 Å². The molecule has 0 aliphatic heterocycles. The Kier molecular flexibility index (Phi) is 5.16. The molecule has 0 spiro atoms. The van der Waals surface area contributed by atoms with Crippen molar-refractivity contribution in [2.75, 3.05) is 12.4 Å². The van der Waals surface area contributed by atoms with Gasteiger partial charge in [-0.2, -0.15) is 0 Å². The first-order chi connectivity index (χ1) is 10.2. The lowest BCUT2D eigenvalue weighted by Gasteiger charge is -2.03. The van der Waals surface area contributed by atoms with Crippen LogP contribution in [0.3, 0.4) is 0 Å². The third kappa shape index (κ3) is 4.21. The van der Waals surface area contributed by atoms with Gasteiger partial charge in [0, 0.05) is 29.6 Å². The van der Waals surface area contributed by atoms with Crippen LogP contribution in [0.2, 0.25) is 0 Å². The largest absolute Gasteiger partial charge is 0.497 e. The fraction of sp³-hybridized carbons (Fsp3) is 0.167. The third-order valence-corrected chi connectivity index (χ3v) is 3.20. The van der Waals surface area contributed by atoms with Gasteiger partial charge in [-0.15, -0.1) is 0 Å². The molecule has 0 aliphatic carbocycles. The van der Waals surface area contributed by atoms with Crippen LogP contribution in [0, 0.1) is 0 Å². The van der Waals surface area contributed by atoms with Gasteiger partial charge in [-0.05, 0) is 24.1 Å². The molecule has 108 valence electrons. The molecule has 2 aromatic carbocycles. The van der Waals surface area contributed by atoms with Crippen molar-refractivity contribution < 1.29 is 9.53 Å². The van der Waals surface area contributed by atoms with Gasteiger partial charge in [0.25, 0.3) is 0 Å². The Labute approximate surface area is 125 Å². The van der Waals surface area contributed by atoms with Gasteiger partial charge in [-0.1, -0.05) is 37.3 Å². The Hall–Kier alpha value is -2.55. The van der Waals surface area contributed by atoms with Crippen LogP contribution in [0.4, 0.5) is 5.69 Å². The molecule has 0 atom stereocenters. The van der Waals surface area contributed by atoms with E-state index in [4.69, 9.17) is 4.74 Å². The second-order valence-electron chi connectivity index (χ2n) is 4.62. The van der Waals surface area contributed by atoms with E-state index in [1.54, 1.807) is 13.3 Å². The first-order valence-corrected chi connectivity index (χ1v) is 6.93. The molecule has 2 rings (SSSR count). The van der Waals surface area contributed by atoms with Gasteiger partial charge in [-0.25, -0.2) is 0 Å². The van der Waals surface area contributed by atoms with Crippen molar-refractivity contribution in [2.45, 2.75) is 13.3 Å². The van der Waals surface area contributed by atoms with Crippen LogP contribution in [-0.4, -0.2) is 12.9 Å². The van der Waals surface area contributed by atoms with Crippen molar-refractivity contribution in [1.82, 2.24) is 0 Å². The van der Waals surface area contributed by atoms with Crippen LogP contribution in [0.5, 0.6) is 5.75 Å². The first kappa shape index (κ1) is 14.9. The van der Waals surface area contributed by atoms with E-state index >= 15 is 0 Å². The summed E-state index contributed by atoms with van der Waals surface area (Å²) in [7, 11) is 1.62. The molecule has 21 heavy (non-hydrogen) atoms. The average molecular weight is 281 g/mol. The summed E-state index contributed by atoms with van der Waals surface area (Å²) in [6.07, 6.45) is 4.15. The number of benzene rings is 2. The highest BCUT2D eigenvalue weighted by atomic mass is 16.5. The molecule has 0 unspecified atom stereocenters. The van der Waals surface area contributed by atoms with Crippen molar-refractivity contribution in [3.05, 3.63) is 71.9 Å².